The number of rotatable bonds is 3. The van der Waals surface area contributed by atoms with Crippen LogP contribution in [0.4, 0.5) is 14.5 Å². The van der Waals surface area contributed by atoms with Gasteiger partial charge in [-0.25, -0.2) is 8.78 Å². The molecule has 2 fully saturated rings. The van der Waals surface area contributed by atoms with Crippen molar-refractivity contribution in [3.05, 3.63) is 28.2 Å². The fourth-order valence-electron chi connectivity index (χ4n) is 3.59. The van der Waals surface area contributed by atoms with E-state index in [9.17, 15) is 8.78 Å². The topological polar surface area (TPSA) is 24.1 Å². The third kappa shape index (κ3) is 2.84. The Morgan fingerprint density at radius 1 is 1.15 bits per heavy atom. The Morgan fingerprint density at radius 2 is 2.00 bits per heavy atom. The average Bonchev–Trinajstić information content (AvgIpc) is 3.04. The summed E-state index contributed by atoms with van der Waals surface area (Å²) in [6, 6.07) is 3.05. The molecule has 1 aromatic rings. The SMILES string of the molecule is Fc1cc(F)c(NC2CCCC2C2CCCN2)c(Br)c1. The van der Waals surface area contributed by atoms with Gasteiger partial charge in [0.15, 0.2) is 0 Å². The van der Waals surface area contributed by atoms with E-state index < -0.39 is 11.6 Å². The van der Waals surface area contributed by atoms with Crippen LogP contribution in [0.15, 0.2) is 16.6 Å². The largest absolute Gasteiger partial charge is 0.379 e. The maximum absolute atomic E-state index is 13.9. The minimum absolute atomic E-state index is 0.266. The Hall–Kier alpha value is -0.680. The van der Waals surface area contributed by atoms with Crippen LogP contribution in [-0.4, -0.2) is 18.6 Å². The van der Waals surface area contributed by atoms with Gasteiger partial charge in [0.05, 0.1) is 5.69 Å². The first-order valence-electron chi connectivity index (χ1n) is 7.29. The highest BCUT2D eigenvalue weighted by Gasteiger charge is 2.35. The molecule has 1 aromatic carbocycles. The molecule has 1 aliphatic heterocycles. The lowest BCUT2D eigenvalue weighted by Crippen LogP contribution is -2.38. The molecule has 1 heterocycles. The van der Waals surface area contributed by atoms with E-state index in [1.54, 1.807) is 0 Å². The Kier molecular flexibility index (Phi) is 4.26. The Bertz CT molecular complexity index is 466. The fourth-order valence-corrected chi connectivity index (χ4v) is 4.11. The Balaban J connectivity index is 1.76. The van der Waals surface area contributed by atoms with Crippen molar-refractivity contribution in [2.45, 2.75) is 44.2 Å². The second-order valence-corrected chi connectivity index (χ2v) is 6.65. The molecular formula is C15H19BrF2N2. The standard InChI is InChI=1S/C15H19BrF2N2/c16-11-7-9(17)8-12(18)15(11)20-14-4-1-3-10(14)13-5-2-6-19-13/h7-8,10,13-14,19-20H,1-6H2. The summed E-state index contributed by atoms with van der Waals surface area (Å²) < 4.78 is 27.5. The molecule has 1 saturated carbocycles. The maximum atomic E-state index is 13.9. The van der Waals surface area contributed by atoms with E-state index >= 15 is 0 Å². The normalized spacial score (nSPS) is 29.9. The predicted molar refractivity (Wildman–Crippen MR) is 79.8 cm³/mol. The third-order valence-electron chi connectivity index (χ3n) is 4.52. The molecule has 5 heteroatoms. The fraction of sp³-hybridized carbons (Fsp3) is 0.600. The summed E-state index contributed by atoms with van der Waals surface area (Å²) in [5.74, 6) is -0.545. The van der Waals surface area contributed by atoms with E-state index in [0.717, 1.165) is 19.0 Å². The van der Waals surface area contributed by atoms with Gasteiger partial charge in [-0.2, -0.15) is 0 Å². The molecule has 2 aliphatic rings. The minimum atomic E-state index is -0.555. The van der Waals surface area contributed by atoms with Crippen LogP contribution < -0.4 is 10.6 Å². The van der Waals surface area contributed by atoms with Crippen molar-refractivity contribution in [1.82, 2.24) is 5.32 Å². The first kappa shape index (κ1) is 14.3. The molecule has 1 aliphatic carbocycles. The number of benzene rings is 1. The second-order valence-electron chi connectivity index (χ2n) is 5.79. The van der Waals surface area contributed by atoms with Crippen molar-refractivity contribution in [3.8, 4) is 0 Å². The van der Waals surface area contributed by atoms with Crippen molar-refractivity contribution >= 4 is 21.6 Å². The molecule has 20 heavy (non-hydrogen) atoms. The van der Waals surface area contributed by atoms with Crippen molar-refractivity contribution in [3.63, 3.8) is 0 Å². The number of halogens is 3. The molecule has 110 valence electrons. The monoisotopic (exact) mass is 344 g/mol. The zero-order valence-corrected chi connectivity index (χ0v) is 12.8. The summed E-state index contributed by atoms with van der Waals surface area (Å²) >= 11 is 3.25. The summed E-state index contributed by atoms with van der Waals surface area (Å²) in [6.45, 7) is 1.09. The first-order valence-corrected chi connectivity index (χ1v) is 8.09. The van der Waals surface area contributed by atoms with Gasteiger partial charge < -0.3 is 10.6 Å². The molecule has 0 amide bonds. The van der Waals surface area contributed by atoms with E-state index in [1.165, 1.54) is 31.7 Å². The number of anilines is 1. The van der Waals surface area contributed by atoms with E-state index in [-0.39, 0.29) is 6.04 Å². The molecule has 2 nitrogen and oxygen atoms in total. The van der Waals surface area contributed by atoms with Crippen molar-refractivity contribution in [2.24, 2.45) is 5.92 Å². The number of nitrogens with one attached hydrogen (secondary N) is 2. The molecule has 0 spiro atoms. The summed E-state index contributed by atoms with van der Waals surface area (Å²) in [5, 5.41) is 6.85. The van der Waals surface area contributed by atoms with Crippen molar-refractivity contribution < 1.29 is 8.78 Å². The molecule has 2 N–H and O–H groups in total. The van der Waals surface area contributed by atoms with Gasteiger partial charge in [0.25, 0.3) is 0 Å². The van der Waals surface area contributed by atoms with Gasteiger partial charge in [-0.1, -0.05) is 6.42 Å². The van der Waals surface area contributed by atoms with Crippen LogP contribution in [-0.2, 0) is 0 Å². The van der Waals surface area contributed by atoms with Crippen LogP contribution >= 0.6 is 15.9 Å². The highest BCUT2D eigenvalue weighted by Crippen LogP contribution is 2.36. The average molecular weight is 345 g/mol. The summed E-state index contributed by atoms with van der Waals surface area (Å²) in [5.41, 5.74) is 0.390. The van der Waals surface area contributed by atoms with Gasteiger partial charge >= 0.3 is 0 Å². The highest BCUT2D eigenvalue weighted by atomic mass is 79.9. The Morgan fingerprint density at radius 3 is 2.70 bits per heavy atom. The van der Waals surface area contributed by atoms with Crippen LogP contribution in [0.5, 0.6) is 0 Å². The van der Waals surface area contributed by atoms with Gasteiger partial charge in [0.2, 0.25) is 0 Å². The van der Waals surface area contributed by atoms with E-state index in [4.69, 9.17) is 0 Å². The predicted octanol–water partition coefficient (Wildman–Crippen LogP) is 4.06. The first-order chi connectivity index (χ1) is 9.65. The number of hydrogen-bond acceptors (Lipinski definition) is 2. The molecule has 1 saturated heterocycles. The molecule has 0 bridgehead atoms. The lowest BCUT2D eigenvalue weighted by atomic mass is 9.93. The van der Waals surface area contributed by atoms with Crippen LogP contribution in [0.25, 0.3) is 0 Å². The lowest BCUT2D eigenvalue weighted by molar-refractivity contribution is 0.375. The van der Waals surface area contributed by atoms with E-state index in [2.05, 4.69) is 26.6 Å². The van der Waals surface area contributed by atoms with Crippen LogP contribution in [0.1, 0.15) is 32.1 Å². The molecule has 0 aromatic heterocycles. The van der Waals surface area contributed by atoms with Crippen molar-refractivity contribution in [1.29, 1.82) is 0 Å². The zero-order chi connectivity index (χ0) is 14.1. The molecule has 3 atom stereocenters. The smallest absolute Gasteiger partial charge is 0.150 e. The number of hydrogen-bond donors (Lipinski definition) is 2. The zero-order valence-electron chi connectivity index (χ0n) is 11.3. The maximum Gasteiger partial charge on any atom is 0.150 e. The second kappa shape index (κ2) is 5.98. The van der Waals surface area contributed by atoms with E-state index in [1.807, 2.05) is 0 Å². The van der Waals surface area contributed by atoms with E-state index in [0.29, 0.717) is 22.1 Å². The Labute approximate surface area is 126 Å². The van der Waals surface area contributed by atoms with Gasteiger partial charge in [0, 0.05) is 22.6 Å². The minimum Gasteiger partial charge on any atom is -0.379 e. The van der Waals surface area contributed by atoms with Crippen molar-refractivity contribution in [2.75, 3.05) is 11.9 Å². The molecular weight excluding hydrogens is 326 g/mol. The summed E-state index contributed by atoms with van der Waals surface area (Å²) in [6.07, 6.45) is 5.82. The van der Waals surface area contributed by atoms with Gasteiger partial charge in [-0.15, -0.1) is 0 Å². The van der Waals surface area contributed by atoms with Crippen LogP contribution in [0.2, 0.25) is 0 Å². The molecule has 3 unspecified atom stereocenters. The lowest BCUT2D eigenvalue weighted by Gasteiger charge is -2.28. The van der Waals surface area contributed by atoms with Crippen LogP contribution in [0, 0.1) is 17.6 Å². The van der Waals surface area contributed by atoms with Gasteiger partial charge in [-0.05, 0) is 60.1 Å². The highest BCUT2D eigenvalue weighted by molar-refractivity contribution is 9.10. The summed E-state index contributed by atoms with van der Waals surface area (Å²) in [7, 11) is 0. The third-order valence-corrected chi connectivity index (χ3v) is 5.15. The molecule has 3 rings (SSSR count). The quantitative estimate of drug-likeness (QED) is 0.863. The van der Waals surface area contributed by atoms with Gasteiger partial charge in [-0.3, -0.25) is 0 Å². The molecule has 0 radical (unpaired) electrons. The summed E-state index contributed by atoms with van der Waals surface area (Å²) in [4.78, 5) is 0. The van der Waals surface area contributed by atoms with Gasteiger partial charge in [0.1, 0.15) is 11.6 Å². The van der Waals surface area contributed by atoms with Crippen LogP contribution in [0.3, 0.4) is 0 Å².